The Bertz CT molecular complexity index is 498. The van der Waals surface area contributed by atoms with E-state index in [0.717, 1.165) is 4.90 Å². The van der Waals surface area contributed by atoms with Crippen LogP contribution in [-0.2, 0) is 9.53 Å². The van der Waals surface area contributed by atoms with Crippen molar-refractivity contribution in [1.29, 1.82) is 0 Å². The summed E-state index contributed by atoms with van der Waals surface area (Å²) in [6.07, 6.45) is 3.72. The highest BCUT2D eigenvalue weighted by Crippen LogP contribution is 2.42. The number of thiocarbonyl (C=S) groups is 1. The zero-order valence-corrected chi connectivity index (χ0v) is 11.8. The minimum absolute atomic E-state index is 0.0224. The molecule has 0 saturated carbocycles. The second-order valence-electron chi connectivity index (χ2n) is 4.34. The number of halogens is 2. The normalized spacial score (nSPS) is 35.4. The van der Waals surface area contributed by atoms with Crippen LogP contribution >= 0.6 is 12.2 Å². The van der Waals surface area contributed by atoms with Crippen molar-refractivity contribution < 1.29 is 28.5 Å². The molecule has 0 aromatic carbocycles. The van der Waals surface area contributed by atoms with Crippen LogP contribution < -0.4 is 5.32 Å². The highest BCUT2D eigenvalue weighted by Gasteiger charge is 2.66. The summed E-state index contributed by atoms with van der Waals surface area (Å²) < 4.78 is 33.3. The smallest absolute Gasteiger partial charge is 0.264 e. The highest BCUT2D eigenvalue weighted by atomic mass is 32.1. The van der Waals surface area contributed by atoms with Gasteiger partial charge in [-0.1, -0.05) is 18.1 Å². The van der Waals surface area contributed by atoms with Crippen LogP contribution in [0.25, 0.3) is 0 Å². The minimum Gasteiger partial charge on any atom is -0.390 e. The molecular formula is C12H14F2N2O4S. The maximum absolute atomic E-state index is 14.6. The summed E-state index contributed by atoms with van der Waals surface area (Å²) in [5.74, 6) is -1.37. The van der Waals surface area contributed by atoms with Gasteiger partial charge >= 0.3 is 0 Å². The first-order chi connectivity index (χ1) is 9.75. The summed E-state index contributed by atoms with van der Waals surface area (Å²) >= 11 is 4.73. The van der Waals surface area contributed by atoms with E-state index in [4.69, 9.17) is 28.5 Å². The number of amides is 1. The van der Waals surface area contributed by atoms with Crippen LogP contribution in [0.1, 0.15) is 0 Å². The average Bonchev–Trinajstić information content (AvgIpc) is 2.68. The van der Waals surface area contributed by atoms with Gasteiger partial charge in [0.15, 0.2) is 12.3 Å². The van der Waals surface area contributed by atoms with Crippen LogP contribution in [-0.4, -0.2) is 64.0 Å². The van der Waals surface area contributed by atoms with E-state index in [0.29, 0.717) is 6.41 Å². The van der Waals surface area contributed by atoms with Gasteiger partial charge in [0.05, 0.1) is 0 Å². The van der Waals surface area contributed by atoms with Crippen molar-refractivity contribution in [2.75, 3.05) is 13.7 Å². The lowest BCUT2D eigenvalue weighted by atomic mass is 9.95. The quantitative estimate of drug-likeness (QED) is 0.267. The summed E-state index contributed by atoms with van der Waals surface area (Å²) in [6.45, 7) is -1.26. The second-order valence-corrected chi connectivity index (χ2v) is 4.78. The molecule has 0 radical (unpaired) electrons. The number of terminal acetylenes is 1. The number of rotatable bonds is 5. The molecule has 4 atom stereocenters. The molecular weight excluding hydrogens is 306 g/mol. The lowest BCUT2D eigenvalue weighted by molar-refractivity contribution is -0.210. The van der Waals surface area contributed by atoms with Crippen LogP contribution in [0.5, 0.6) is 0 Å². The maximum Gasteiger partial charge on any atom is 0.264 e. The number of ether oxygens (including phenoxy) is 1. The molecule has 1 aliphatic rings. The Morgan fingerprint density at radius 3 is 2.76 bits per heavy atom. The Kier molecular flexibility index (Phi) is 5.36. The van der Waals surface area contributed by atoms with E-state index in [-0.39, 0.29) is 4.99 Å². The van der Waals surface area contributed by atoms with E-state index in [1.54, 1.807) is 5.92 Å². The van der Waals surface area contributed by atoms with Gasteiger partial charge in [0.2, 0.25) is 12.1 Å². The molecule has 4 unspecified atom stereocenters. The molecule has 1 saturated heterocycles. The number of nitrogens with zero attached hydrogens (tertiary/aromatic N) is 1. The number of aliphatic hydroxyl groups excluding tert-OH is 2. The van der Waals surface area contributed by atoms with E-state index in [9.17, 15) is 18.7 Å². The fourth-order valence-corrected chi connectivity index (χ4v) is 1.92. The van der Waals surface area contributed by atoms with E-state index in [1.807, 2.05) is 0 Å². The fourth-order valence-electron chi connectivity index (χ4n) is 1.81. The molecule has 0 bridgehead atoms. The molecule has 1 amide bonds. The van der Waals surface area contributed by atoms with E-state index in [2.05, 4.69) is 5.32 Å². The average molecular weight is 320 g/mol. The minimum atomic E-state index is -3.02. The van der Waals surface area contributed by atoms with Gasteiger partial charge in [0, 0.05) is 13.2 Å². The summed E-state index contributed by atoms with van der Waals surface area (Å²) in [7, 11) is 1.30. The van der Waals surface area contributed by atoms with Gasteiger partial charge in [-0.05, 0) is 6.08 Å². The largest absolute Gasteiger partial charge is 0.390 e. The van der Waals surface area contributed by atoms with Crippen LogP contribution in [0, 0.1) is 12.3 Å². The molecule has 9 heteroatoms. The molecule has 0 aliphatic carbocycles. The standard InChI is InChI=1S/C12H14F2N2O4S/c1-3-11(13)9(19)12(14,6-17)20-10(11)16(2)5-4-8(21)15-7-18/h1,4-5,7,9-10,17,19H,6H2,2H3,(H,15,18,21)/b5-4-. The van der Waals surface area contributed by atoms with Crippen molar-refractivity contribution in [3.8, 4) is 12.3 Å². The Balaban J connectivity index is 2.98. The molecule has 116 valence electrons. The Hall–Kier alpha value is -1.60. The number of hydrogen-bond donors (Lipinski definition) is 3. The van der Waals surface area contributed by atoms with Crippen LogP contribution in [0.15, 0.2) is 12.3 Å². The summed E-state index contributed by atoms with van der Waals surface area (Å²) in [5, 5.41) is 20.7. The molecule has 1 heterocycles. The van der Waals surface area contributed by atoms with E-state index >= 15 is 0 Å². The lowest BCUT2D eigenvalue weighted by Gasteiger charge is -2.29. The summed E-state index contributed by atoms with van der Waals surface area (Å²) in [5.41, 5.74) is -2.88. The van der Waals surface area contributed by atoms with E-state index < -0.39 is 30.5 Å². The SMILES string of the molecule is C#CC1(F)C(N(C)/C=C\C(=S)NC=O)OC(F)(CO)C1O. The second kappa shape index (κ2) is 6.44. The third-order valence-corrected chi connectivity index (χ3v) is 3.20. The number of nitrogens with one attached hydrogen (secondary N) is 1. The topological polar surface area (TPSA) is 82.0 Å². The number of carbonyl (C=O) groups is 1. The van der Waals surface area contributed by atoms with Gasteiger partial charge in [0.25, 0.3) is 5.85 Å². The van der Waals surface area contributed by atoms with Crippen molar-refractivity contribution in [2.45, 2.75) is 23.9 Å². The molecule has 3 N–H and O–H groups in total. The maximum atomic E-state index is 14.6. The fraction of sp³-hybridized carbons (Fsp3) is 0.500. The van der Waals surface area contributed by atoms with Crippen molar-refractivity contribution in [1.82, 2.24) is 10.2 Å². The molecule has 21 heavy (non-hydrogen) atoms. The van der Waals surface area contributed by atoms with Crippen molar-refractivity contribution in [3.05, 3.63) is 12.3 Å². The number of alkyl halides is 2. The predicted molar refractivity (Wildman–Crippen MR) is 73.2 cm³/mol. The van der Waals surface area contributed by atoms with Gasteiger partial charge in [-0.3, -0.25) is 4.79 Å². The molecule has 0 spiro atoms. The first kappa shape index (κ1) is 17.5. The zero-order valence-electron chi connectivity index (χ0n) is 11.0. The monoisotopic (exact) mass is 320 g/mol. The zero-order chi connectivity index (χ0) is 16.3. The van der Waals surface area contributed by atoms with Gasteiger partial charge < -0.3 is 25.2 Å². The molecule has 6 nitrogen and oxygen atoms in total. The number of aliphatic hydroxyl groups is 2. The summed E-state index contributed by atoms with van der Waals surface area (Å²) in [6, 6.07) is 0. The van der Waals surface area contributed by atoms with Gasteiger partial charge in [0.1, 0.15) is 11.6 Å². The lowest BCUT2D eigenvalue weighted by Crippen LogP contribution is -2.50. The molecule has 1 rings (SSSR count). The van der Waals surface area contributed by atoms with Gasteiger partial charge in [-0.2, -0.15) is 0 Å². The van der Waals surface area contributed by atoms with E-state index in [1.165, 1.54) is 19.3 Å². The first-order valence-electron chi connectivity index (χ1n) is 5.71. The molecule has 0 aromatic heterocycles. The Morgan fingerprint density at radius 2 is 2.29 bits per heavy atom. The van der Waals surface area contributed by atoms with Crippen LogP contribution in [0.2, 0.25) is 0 Å². The number of carbonyl (C=O) groups excluding carboxylic acids is 1. The Morgan fingerprint density at radius 1 is 1.67 bits per heavy atom. The van der Waals surface area contributed by atoms with Crippen molar-refractivity contribution >= 4 is 23.6 Å². The number of hydrogen-bond acceptors (Lipinski definition) is 6. The molecule has 1 aliphatic heterocycles. The molecule has 0 aromatic rings. The van der Waals surface area contributed by atoms with Crippen molar-refractivity contribution in [3.63, 3.8) is 0 Å². The third kappa shape index (κ3) is 3.19. The van der Waals surface area contributed by atoms with Crippen LogP contribution in [0.3, 0.4) is 0 Å². The Labute approximate surface area is 125 Å². The third-order valence-electron chi connectivity index (χ3n) is 2.94. The van der Waals surface area contributed by atoms with Gasteiger partial charge in [-0.25, -0.2) is 8.78 Å². The van der Waals surface area contributed by atoms with Crippen molar-refractivity contribution in [2.24, 2.45) is 0 Å². The first-order valence-corrected chi connectivity index (χ1v) is 6.12. The molecule has 1 fully saturated rings. The summed E-state index contributed by atoms with van der Waals surface area (Å²) in [4.78, 5) is 11.2. The van der Waals surface area contributed by atoms with Crippen LogP contribution in [0.4, 0.5) is 8.78 Å². The highest BCUT2D eigenvalue weighted by molar-refractivity contribution is 7.80. The van der Waals surface area contributed by atoms with Gasteiger partial charge in [-0.15, -0.1) is 6.42 Å². The predicted octanol–water partition coefficient (Wildman–Crippen LogP) is -0.778.